The Bertz CT molecular complexity index is 1040. The van der Waals surface area contributed by atoms with Gasteiger partial charge in [0.05, 0.1) is 15.7 Å². The fraction of sp³-hybridized carbons (Fsp3) is 0.455. The van der Waals surface area contributed by atoms with Crippen LogP contribution in [0.2, 0.25) is 5.02 Å². The number of rotatable bonds is 2. The third kappa shape index (κ3) is 3.77. The maximum atomic E-state index is 6.50. The Morgan fingerprint density at radius 1 is 0.875 bits per heavy atom. The molecule has 0 N–H and O–H groups in total. The minimum atomic E-state index is -0.979. The molecule has 2 nitrogen and oxygen atoms in total. The van der Waals surface area contributed by atoms with Crippen molar-refractivity contribution in [2.45, 2.75) is 43.1 Å². The Morgan fingerprint density at radius 3 is 2.00 bits per heavy atom. The standard InChI is InChI=1S/C22H20B7ClN2/c1-21(2)8-32(9-22(28,29)31(21)3)14-7-13(11-5-4-10(30)6-12(11)14)15-16(23)18(25)20(27)19(26)17(15)24/h4-6,13-14H,7-9H2,1-3H3/t13-,14-/m1/s1. The summed E-state index contributed by atoms with van der Waals surface area (Å²) in [6.45, 7) is 5.54. The Morgan fingerprint density at radius 2 is 1.44 bits per heavy atom. The zero-order valence-electron chi connectivity index (χ0n) is 18.8. The molecule has 2 atom stereocenters. The van der Waals surface area contributed by atoms with Gasteiger partial charge in [-0.2, -0.15) is 0 Å². The number of piperazine rings is 1. The van der Waals surface area contributed by atoms with Crippen molar-refractivity contribution in [1.82, 2.24) is 9.80 Å². The molecule has 4 rings (SSSR count). The van der Waals surface area contributed by atoms with Gasteiger partial charge in [-0.25, -0.2) is 0 Å². The van der Waals surface area contributed by atoms with Crippen LogP contribution in [0.25, 0.3) is 0 Å². The maximum absolute atomic E-state index is 6.50. The van der Waals surface area contributed by atoms with Gasteiger partial charge < -0.3 is 4.90 Å². The number of hydrogen-bond acceptors (Lipinski definition) is 2. The van der Waals surface area contributed by atoms with Crippen molar-refractivity contribution in [3.05, 3.63) is 39.9 Å². The van der Waals surface area contributed by atoms with Gasteiger partial charge in [0.1, 0.15) is 39.2 Å². The van der Waals surface area contributed by atoms with Crippen LogP contribution in [0, 0.1) is 0 Å². The Hall–Kier alpha value is -0.895. The van der Waals surface area contributed by atoms with Crippen molar-refractivity contribution in [2.24, 2.45) is 0 Å². The van der Waals surface area contributed by atoms with E-state index in [1.807, 2.05) is 30.1 Å². The number of fused-ring (bicyclic) bond motifs is 1. The van der Waals surface area contributed by atoms with E-state index in [2.05, 4.69) is 18.7 Å². The highest BCUT2D eigenvalue weighted by molar-refractivity contribution is 6.67. The van der Waals surface area contributed by atoms with E-state index in [0.29, 0.717) is 34.5 Å². The molecule has 14 radical (unpaired) electrons. The van der Waals surface area contributed by atoms with Crippen molar-refractivity contribution >= 4 is 93.8 Å². The summed E-state index contributed by atoms with van der Waals surface area (Å²) in [5, 5.41) is -0.320. The lowest BCUT2D eigenvalue weighted by atomic mass is 9.57. The van der Waals surface area contributed by atoms with Gasteiger partial charge in [-0.15, -0.1) is 27.3 Å². The molecule has 1 fully saturated rings. The number of nitrogens with zero attached hydrogens (tertiary/aromatic N) is 2. The van der Waals surface area contributed by atoms with E-state index >= 15 is 0 Å². The monoisotopic (exact) mass is 424 g/mol. The van der Waals surface area contributed by atoms with Gasteiger partial charge in [0.25, 0.3) is 0 Å². The molecule has 0 aromatic heterocycles. The largest absolute Gasteiger partial charge is 0.310 e. The highest BCUT2D eigenvalue weighted by Crippen LogP contribution is 2.48. The lowest BCUT2D eigenvalue weighted by Crippen LogP contribution is -2.70. The summed E-state index contributed by atoms with van der Waals surface area (Å²) in [6.07, 6.45) is 0.711. The molecule has 1 aliphatic carbocycles. The Balaban J connectivity index is 1.83. The smallest absolute Gasteiger partial charge is 0.113 e. The van der Waals surface area contributed by atoms with E-state index < -0.39 is 5.34 Å². The van der Waals surface area contributed by atoms with E-state index in [1.54, 1.807) is 0 Å². The van der Waals surface area contributed by atoms with Crippen LogP contribution in [0.4, 0.5) is 0 Å². The molecule has 32 heavy (non-hydrogen) atoms. The summed E-state index contributed by atoms with van der Waals surface area (Å²) in [5.74, 6) is -0.120. The number of hydrogen-bond donors (Lipinski definition) is 0. The second kappa shape index (κ2) is 8.10. The van der Waals surface area contributed by atoms with Crippen LogP contribution in [-0.2, 0) is 0 Å². The molecule has 10 heteroatoms. The van der Waals surface area contributed by atoms with E-state index in [-0.39, 0.29) is 33.9 Å². The minimum absolute atomic E-state index is 0.0203. The van der Waals surface area contributed by atoms with Crippen LogP contribution in [0.1, 0.15) is 48.9 Å². The first-order chi connectivity index (χ1) is 14.8. The minimum Gasteiger partial charge on any atom is -0.310 e. The molecule has 2 aliphatic rings. The summed E-state index contributed by atoms with van der Waals surface area (Å²) in [7, 11) is 46.2. The average molecular weight is 424 g/mol. The zero-order valence-corrected chi connectivity index (χ0v) is 19.6. The fourth-order valence-electron chi connectivity index (χ4n) is 5.37. The van der Waals surface area contributed by atoms with Gasteiger partial charge in [-0.1, -0.05) is 23.2 Å². The molecule has 2 aromatic carbocycles. The second-order valence-corrected chi connectivity index (χ2v) is 10.3. The van der Waals surface area contributed by atoms with Crippen LogP contribution >= 0.6 is 11.6 Å². The fourth-order valence-corrected chi connectivity index (χ4v) is 5.55. The molecule has 0 amide bonds. The van der Waals surface area contributed by atoms with E-state index in [4.69, 9.17) is 66.5 Å². The normalized spacial score (nSPS) is 25.0. The quantitative estimate of drug-likeness (QED) is 0.511. The van der Waals surface area contributed by atoms with Gasteiger partial charge in [0.2, 0.25) is 0 Å². The number of halogens is 1. The van der Waals surface area contributed by atoms with Crippen molar-refractivity contribution in [2.75, 3.05) is 20.1 Å². The summed E-state index contributed by atoms with van der Waals surface area (Å²) in [4.78, 5) is 4.35. The van der Waals surface area contributed by atoms with E-state index in [1.165, 1.54) is 0 Å². The third-order valence-corrected chi connectivity index (χ3v) is 7.59. The molecule has 0 saturated carbocycles. The first kappa shape index (κ1) is 24.2. The van der Waals surface area contributed by atoms with Crippen LogP contribution in [0.15, 0.2) is 18.2 Å². The molecule has 146 valence electrons. The van der Waals surface area contributed by atoms with Gasteiger partial charge in [-0.3, -0.25) is 4.90 Å². The van der Waals surface area contributed by atoms with E-state index in [9.17, 15) is 0 Å². The zero-order chi connectivity index (χ0) is 23.7. The van der Waals surface area contributed by atoms with Crippen LogP contribution in [0.3, 0.4) is 0 Å². The van der Waals surface area contributed by atoms with Crippen molar-refractivity contribution in [3.8, 4) is 0 Å². The first-order valence-corrected chi connectivity index (χ1v) is 11.0. The highest BCUT2D eigenvalue weighted by Gasteiger charge is 2.46. The van der Waals surface area contributed by atoms with Gasteiger partial charge in [0.15, 0.2) is 0 Å². The maximum Gasteiger partial charge on any atom is 0.113 e. The van der Waals surface area contributed by atoms with Gasteiger partial charge >= 0.3 is 0 Å². The molecule has 1 aliphatic heterocycles. The molecule has 0 spiro atoms. The van der Waals surface area contributed by atoms with Crippen LogP contribution in [0.5, 0.6) is 0 Å². The number of likely N-dealkylation sites (N-methyl/N-ethyl adjacent to an activating group) is 1. The van der Waals surface area contributed by atoms with Crippen LogP contribution in [-0.4, -0.2) is 95.7 Å². The van der Waals surface area contributed by atoms with Crippen LogP contribution < -0.4 is 27.3 Å². The molecule has 0 bridgehead atoms. The lowest BCUT2D eigenvalue weighted by molar-refractivity contribution is -0.0143. The molecule has 0 unspecified atom stereocenters. The SMILES string of the molecule is [B]c1c([B])c([B])c([C@@H]2C[C@@H](N3CC([B])([B])N(C)C(C)(C)C3)c3cc(Cl)ccc32)c([B])c1[B]. The molecule has 1 saturated heterocycles. The summed E-state index contributed by atoms with van der Waals surface area (Å²) in [5.41, 5.74) is 4.13. The molecular weight excluding hydrogens is 403 g/mol. The number of benzene rings is 2. The van der Waals surface area contributed by atoms with Gasteiger partial charge in [0, 0.05) is 35.6 Å². The van der Waals surface area contributed by atoms with Crippen molar-refractivity contribution in [3.63, 3.8) is 0 Å². The van der Waals surface area contributed by atoms with Crippen molar-refractivity contribution < 1.29 is 0 Å². The molecule has 2 aromatic rings. The summed E-state index contributed by atoms with van der Waals surface area (Å²) >= 11 is 6.41. The third-order valence-electron chi connectivity index (χ3n) is 7.35. The predicted molar refractivity (Wildman–Crippen MR) is 142 cm³/mol. The second-order valence-electron chi connectivity index (χ2n) is 9.83. The summed E-state index contributed by atoms with van der Waals surface area (Å²) < 4.78 is 0. The van der Waals surface area contributed by atoms with Gasteiger partial charge in [-0.05, 0) is 55.9 Å². The van der Waals surface area contributed by atoms with Crippen molar-refractivity contribution in [1.29, 1.82) is 0 Å². The highest BCUT2D eigenvalue weighted by atomic mass is 35.5. The Kier molecular flexibility index (Phi) is 6.14. The molecule has 1 heterocycles. The average Bonchev–Trinajstić information content (AvgIpc) is 3.07. The van der Waals surface area contributed by atoms with E-state index in [0.717, 1.165) is 17.7 Å². The predicted octanol–water partition coefficient (Wildman–Crippen LogP) is -2.10. The summed E-state index contributed by atoms with van der Waals surface area (Å²) in [6, 6.07) is 5.91. The lowest BCUT2D eigenvalue weighted by Gasteiger charge is -2.57. The first-order valence-electron chi connectivity index (χ1n) is 10.6. The Labute approximate surface area is 206 Å². The topological polar surface area (TPSA) is 6.48 Å². The molecular formula is C22H20B7ClN2.